The molecule has 1 aromatic carbocycles. The maximum absolute atomic E-state index is 12.3. The van der Waals surface area contributed by atoms with Crippen molar-refractivity contribution in [3.63, 3.8) is 0 Å². The van der Waals surface area contributed by atoms with Gasteiger partial charge in [0.05, 0.1) is 25.6 Å². The number of thiazole rings is 1. The SMILES string of the molecule is CCc1nnsc1C(=O)Nc1nc(-c2ccc(OC)c(OC)c2)cs1. The summed E-state index contributed by atoms with van der Waals surface area (Å²) in [6.45, 7) is 1.94. The van der Waals surface area contributed by atoms with E-state index in [2.05, 4.69) is 19.9 Å². The molecule has 2 aromatic heterocycles. The zero-order valence-corrected chi connectivity index (χ0v) is 15.5. The molecule has 3 aromatic rings. The lowest BCUT2D eigenvalue weighted by atomic mass is 10.1. The molecule has 9 heteroatoms. The summed E-state index contributed by atoms with van der Waals surface area (Å²) < 4.78 is 14.4. The number of rotatable bonds is 6. The minimum Gasteiger partial charge on any atom is -0.493 e. The zero-order chi connectivity index (χ0) is 17.8. The number of aryl methyl sites for hydroxylation is 1. The van der Waals surface area contributed by atoms with Crippen molar-refractivity contribution in [1.29, 1.82) is 0 Å². The average Bonchev–Trinajstić information content (AvgIpc) is 3.30. The number of nitrogens with zero attached hydrogens (tertiary/aromatic N) is 3. The van der Waals surface area contributed by atoms with E-state index in [0.717, 1.165) is 22.8 Å². The maximum atomic E-state index is 12.3. The molecule has 25 heavy (non-hydrogen) atoms. The fourth-order valence-corrected chi connectivity index (χ4v) is 3.59. The van der Waals surface area contributed by atoms with Crippen molar-refractivity contribution in [3.8, 4) is 22.8 Å². The smallest absolute Gasteiger partial charge is 0.271 e. The summed E-state index contributed by atoms with van der Waals surface area (Å²) in [5.74, 6) is 1.04. The first kappa shape index (κ1) is 17.3. The molecule has 0 aliphatic rings. The summed E-state index contributed by atoms with van der Waals surface area (Å²) in [4.78, 5) is 17.3. The van der Waals surface area contributed by atoms with Gasteiger partial charge in [-0.15, -0.1) is 16.4 Å². The topological polar surface area (TPSA) is 86.2 Å². The van der Waals surface area contributed by atoms with Gasteiger partial charge in [-0.3, -0.25) is 10.1 Å². The van der Waals surface area contributed by atoms with Crippen LogP contribution in [0.15, 0.2) is 23.6 Å². The fourth-order valence-electron chi connectivity index (χ4n) is 2.23. The van der Waals surface area contributed by atoms with E-state index in [1.807, 2.05) is 30.5 Å². The van der Waals surface area contributed by atoms with Crippen molar-refractivity contribution in [1.82, 2.24) is 14.6 Å². The number of hydrogen-bond donors (Lipinski definition) is 1. The number of hydrogen-bond acceptors (Lipinski definition) is 8. The molecule has 0 bridgehead atoms. The first-order chi connectivity index (χ1) is 12.2. The van der Waals surface area contributed by atoms with Crippen LogP contribution < -0.4 is 14.8 Å². The third kappa shape index (κ3) is 3.62. The molecule has 0 aliphatic heterocycles. The van der Waals surface area contributed by atoms with Crippen molar-refractivity contribution in [2.24, 2.45) is 0 Å². The van der Waals surface area contributed by atoms with E-state index in [0.29, 0.717) is 33.6 Å². The Bertz CT molecular complexity index is 891. The van der Waals surface area contributed by atoms with Crippen molar-refractivity contribution in [2.75, 3.05) is 19.5 Å². The number of nitrogens with one attached hydrogen (secondary N) is 1. The second kappa shape index (κ2) is 7.58. The monoisotopic (exact) mass is 376 g/mol. The summed E-state index contributed by atoms with van der Waals surface area (Å²) in [7, 11) is 3.18. The molecule has 0 aliphatic carbocycles. The molecule has 0 fully saturated rings. The molecule has 0 saturated heterocycles. The molecule has 0 radical (unpaired) electrons. The van der Waals surface area contributed by atoms with Gasteiger partial charge >= 0.3 is 0 Å². The second-order valence-corrected chi connectivity index (χ2v) is 6.58. The quantitative estimate of drug-likeness (QED) is 0.709. The zero-order valence-electron chi connectivity index (χ0n) is 13.9. The van der Waals surface area contributed by atoms with Crippen molar-refractivity contribution < 1.29 is 14.3 Å². The number of aromatic nitrogens is 3. The highest BCUT2D eigenvalue weighted by atomic mass is 32.1. The van der Waals surface area contributed by atoms with Crippen molar-refractivity contribution >= 4 is 33.9 Å². The Morgan fingerprint density at radius 1 is 1.24 bits per heavy atom. The summed E-state index contributed by atoms with van der Waals surface area (Å²) in [6.07, 6.45) is 0.661. The van der Waals surface area contributed by atoms with Crippen LogP contribution in [-0.4, -0.2) is 34.7 Å². The lowest BCUT2D eigenvalue weighted by Gasteiger charge is -2.08. The molecule has 3 rings (SSSR count). The predicted octanol–water partition coefficient (Wildman–Crippen LogP) is 3.49. The van der Waals surface area contributed by atoms with E-state index in [9.17, 15) is 4.79 Å². The van der Waals surface area contributed by atoms with Crippen LogP contribution in [0.5, 0.6) is 11.5 Å². The predicted molar refractivity (Wildman–Crippen MR) is 97.9 cm³/mol. The molecule has 7 nitrogen and oxygen atoms in total. The van der Waals surface area contributed by atoms with E-state index in [-0.39, 0.29) is 5.91 Å². The Morgan fingerprint density at radius 3 is 2.76 bits per heavy atom. The summed E-state index contributed by atoms with van der Waals surface area (Å²) >= 11 is 2.44. The van der Waals surface area contributed by atoms with Gasteiger partial charge in [-0.2, -0.15) is 0 Å². The highest BCUT2D eigenvalue weighted by Crippen LogP contribution is 2.33. The Kier molecular flexibility index (Phi) is 5.25. The molecule has 130 valence electrons. The van der Waals surface area contributed by atoms with Crippen LogP contribution >= 0.6 is 22.9 Å². The molecule has 0 unspecified atom stereocenters. The summed E-state index contributed by atoms with van der Waals surface area (Å²) in [5.41, 5.74) is 2.32. The Labute approximate surface area is 152 Å². The molecule has 0 saturated carbocycles. The van der Waals surface area contributed by atoms with Gasteiger partial charge in [0.15, 0.2) is 16.6 Å². The Hall–Kier alpha value is -2.52. The number of anilines is 1. The normalized spacial score (nSPS) is 10.5. The van der Waals surface area contributed by atoms with E-state index in [1.54, 1.807) is 14.2 Å². The summed E-state index contributed by atoms with van der Waals surface area (Å²) in [6, 6.07) is 5.56. The molecular formula is C16H16N4O3S2. The third-order valence-corrected chi connectivity index (χ3v) is 5.03. The molecule has 2 heterocycles. The van der Waals surface area contributed by atoms with Crippen LogP contribution in [0.25, 0.3) is 11.3 Å². The molecule has 0 spiro atoms. The maximum Gasteiger partial charge on any atom is 0.271 e. The number of benzene rings is 1. The van der Waals surface area contributed by atoms with Crippen molar-refractivity contribution in [2.45, 2.75) is 13.3 Å². The van der Waals surface area contributed by atoms with Crippen LogP contribution in [0.1, 0.15) is 22.3 Å². The minimum absolute atomic E-state index is 0.236. The van der Waals surface area contributed by atoms with Gasteiger partial charge in [-0.25, -0.2) is 4.98 Å². The number of carbonyl (C=O) groups is 1. The number of ether oxygens (including phenoxy) is 2. The summed E-state index contributed by atoms with van der Waals surface area (Å²) in [5, 5.41) is 9.15. The van der Waals surface area contributed by atoms with Gasteiger partial charge in [-0.05, 0) is 36.2 Å². The standard InChI is InChI=1S/C16H16N4O3S2/c1-4-10-14(25-20-19-10)15(21)18-16-17-11(8-24-16)9-5-6-12(22-2)13(7-9)23-3/h5-8H,4H2,1-3H3,(H,17,18,21). The van der Waals surface area contributed by atoms with Gasteiger partial charge in [0.25, 0.3) is 5.91 Å². The second-order valence-electron chi connectivity index (χ2n) is 4.96. The van der Waals surface area contributed by atoms with Crippen LogP contribution in [0.4, 0.5) is 5.13 Å². The van der Waals surface area contributed by atoms with Crippen LogP contribution in [0.2, 0.25) is 0 Å². The largest absolute Gasteiger partial charge is 0.493 e. The third-order valence-electron chi connectivity index (χ3n) is 3.50. The molecule has 1 amide bonds. The lowest BCUT2D eigenvalue weighted by Crippen LogP contribution is -2.12. The van der Waals surface area contributed by atoms with Gasteiger partial charge < -0.3 is 9.47 Å². The average molecular weight is 376 g/mol. The Balaban J connectivity index is 1.80. The molecule has 0 atom stereocenters. The van der Waals surface area contributed by atoms with Crippen LogP contribution in [-0.2, 0) is 6.42 Å². The number of carbonyl (C=O) groups excluding carboxylic acids is 1. The first-order valence-corrected chi connectivity index (χ1v) is 9.12. The number of methoxy groups -OCH3 is 2. The van der Waals surface area contributed by atoms with E-state index in [4.69, 9.17) is 9.47 Å². The number of amides is 1. The van der Waals surface area contributed by atoms with Gasteiger partial charge in [0.2, 0.25) is 0 Å². The van der Waals surface area contributed by atoms with Crippen LogP contribution in [0, 0.1) is 0 Å². The fraction of sp³-hybridized carbons (Fsp3) is 0.250. The van der Waals surface area contributed by atoms with Crippen LogP contribution in [0.3, 0.4) is 0 Å². The first-order valence-electron chi connectivity index (χ1n) is 7.46. The highest BCUT2D eigenvalue weighted by Gasteiger charge is 2.17. The van der Waals surface area contributed by atoms with E-state index < -0.39 is 0 Å². The van der Waals surface area contributed by atoms with E-state index >= 15 is 0 Å². The van der Waals surface area contributed by atoms with Gasteiger partial charge in [0, 0.05) is 10.9 Å². The minimum atomic E-state index is -0.236. The Morgan fingerprint density at radius 2 is 2.04 bits per heavy atom. The van der Waals surface area contributed by atoms with Gasteiger partial charge in [0.1, 0.15) is 4.88 Å². The van der Waals surface area contributed by atoms with E-state index in [1.165, 1.54) is 11.3 Å². The van der Waals surface area contributed by atoms with Crippen molar-refractivity contribution in [3.05, 3.63) is 34.2 Å². The molecule has 1 N–H and O–H groups in total. The van der Waals surface area contributed by atoms with Gasteiger partial charge in [-0.1, -0.05) is 11.4 Å². The molecular weight excluding hydrogens is 360 g/mol. The highest BCUT2D eigenvalue weighted by molar-refractivity contribution is 7.14. The lowest BCUT2D eigenvalue weighted by molar-refractivity contribution is 0.102.